The predicted octanol–water partition coefficient (Wildman–Crippen LogP) is 1.05. The van der Waals surface area contributed by atoms with Gasteiger partial charge in [-0.15, -0.1) is 11.3 Å². The van der Waals surface area contributed by atoms with Crippen LogP contribution in [0.15, 0.2) is 22.0 Å². The minimum absolute atomic E-state index is 0.0215. The number of hydrogen-bond acceptors (Lipinski definition) is 6. The number of carbonyl (C=O) groups is 2. The number of rotatable bonds is 5. The van der Waals surface area contributed by atoms with Gasteiger partial charge in [-0.2, -0.15) is 4.98 Å². The molecule has 0 radical (unpaired) electrons. The normalized spacial score (nSPS) is 10.6. The third-order valence-electron chi connectivity index (χ3n) is 2.22. The van der Waals surface area contributed by atoms with Crippen LogP contribution in [0.2, 0.25) is 0 Å². The summed E-state index contributed by atoms with van der Waals surface area (Å²) in [6, 6.07) is 3.70. The molecule has 0 aliphatic rings. The molecule has 7 nitrogen and oxygen atoms in total. The Morgan fingerprint density at radius 3 is 2.90 bits per heavy atom. The fourth-order valence-corrected chi connectivity index (χ4v) is 2.08. The Hall–Kier alpha value is -2.22. The Bertz CT molecular complexity index is 592. The largest absolute Gasteiger partial charge is 0.352 e. The zero-order chi connectivity index (χ0) is 14.5. The summed E-state index contributed by atoms with van der Waals surface area (Å²) in [6.07, 6.45) is 0. The van der Waals surface area contributed by atoms with Crippen molar-refractivity contribution in [1.29, 1.82) is 0 Å². The number of amides is 2. The molecule has 0 unspecified atom stereocenters. The number of aromatic nitrogens is 2. The van der Waals surface area contributed by atoms with Gasteiger partial charge in [0.25, 0.3) is 0 Å². The molecule has 2 rings (SSSR count). The van der Waals surface area contributed by atoms with Gasteiger partial charge >= 0.3 is 11.8 Å². The lowest BCUT2D eigenvalue weighted by Gasteiger charge is -2.07. The summed E-state index contributed by atoms with van der Waals surface area (Å²) in [6.45, 7) is 3.55. The van der Waals surface area contributed by atoms with Crippen LogP contribution in [0.3, 0.4) is 0 Å². The molecule has 0 aliphatic heterocycles. The van der Waals surface area contributed by atoms with Crippen molar-refractivity contribution in [1.82, 2.24) is 20.8 Å². The van der Waals surface area contributed by atoms with E-state index in [-0.39, 0.29) is 24.4 Å². The number of nitrogens with zero attached hydrogens (tertiary/aromatic N) is 2. The summed E-state index contributed by atoms with van der Waals surface area (Å²) in [4.78, 5) is 27.9. The minimum Gasteiger partial charge on any atom is -0.352 e. The number of nitrogens with one attached hydrogen (secondary N) is 2. The van der Waals surface area contributed by atoms with E-state index >= 15 is 0 Å². The summed E-state index contributed by atoms with van der Waals surface area (Å²) in [7, 11) is 0. The van der Waals surface area contributed by atoms with Crippen molar-refractivity contribution in [2.45, 2.75) is 19.9 Å². The molecule has 2 amide bonds. The first kappa shape index (κ1) is 14.2. The van der Waals surface area contributed by atoms with Crippen molar-refractivity contribution in [3.8, 4) is 10.7 Å². The van der Waals surface area contributed by atoms with E-state index in [1.165, 1.54) is 11.3 Å². The van der Waals surface area contributed by atoms with Crippen molar-refractivity contribution in [3.63, 3.8) is 0 Å². The zero-order valence-electron chi connectivity index (χ0n) is 11.0. The predicted molar refractivity (Wildman–Crippen MR) is 73.2 cm³/mol. The van der Waals surface area contributed by atoms with Crippen molar-refractivity contribution in [3.05, 3.63) is 23.4 Å². The number of carbonyl (C=O) groups excluding carboxylic acids is 2. The van der Waals surface area contributed by atoms with E-state index in [4.69, 9.17) is 4.52 Å². The molecule has 0 atom stereocenters. The van der Waals surface area contributed by atoms with E-state index in [1.54, 1.807) is 0 Å². The highest BCUT2D eigenvalue weighted by Crippen LogP contribution is 2.21. The Labute approximate surface area is 119 Å². The molecule has 0 spiro atoms. The number of thiophene rings is 1. The van der Waals surface area contributed by atoms with Crippen LogP contribution in [0.4, 0.5) is 0 Å². The monoisotopic (exact) mass is 294 g/mol. The van der Waals surface area contributed by atoms with Gasteiger partial charge in [0.1, 0.15) is 0 Å². The SMILES string of the molecule is CC(C)NC(=O)CNC(=O)c1nc(-c2cccs2)no1. The van der Waals surface area contributed by atoms with Gasteiger partial charge < -0.3 is 15.2 Å². The standard InChI is InChI=1S/C12H14N4O3S/c1-7(2)14-9(17)6-13-11(18)12-15-10(16-19-12)8-4-3-5-20-8/h3-5,7H,6H2,1-2H3,(H,13,18)(H,14,17). The van der Waals surface area contributed by atoms with Crippen LogP contribution in [0.1, 0.15) is 24.5 Å². The smallest absolute Gasteiger partial charge is 0.316 e. The minimum atomic E-state index is -0.570. The quantitative estimate of drug-likeness (QED) is 0.859. The molecule has 0 aliphatic carbocycles. The molecular formula is C12H14N4O3S. The summed E-state index contributed by atoms with van der Waals surface area (Å²) in [5, 5.41) is 10.7. The van der Waals surface area contributed by atoms with Crippen LogP contribution in [-0.2, 0) is 4.79 Å². The lowest BCUT2D eigenvalue weighted by Crippen LogP contribution is -2.39. The van der Waals surface area contributed by atoms with Crippen LogP contribution in [0, 0.1) is 0 Å². The first-order chi connectivity index (χ1) is 9.56. The zero-order valence-corrected chi connectivity index (χ0v) is 11.9. The van der Waals surface area contributed by atoms with Gasteiger partial charge in [0.05, 0.1) is 11.4 Å². The molecule has 0 saturated heterocycles. The van der Waals surface area contributed by atoms with Crippen LogP contribution < -0.4 is 10.6 Å². The van der Waals surface area contributed by atoms with E-state index < -0.39 is 5.91 Å². The summed E-state index contributed by atoms with van der Waals surface area (Å²) >= 11 is 1.45. The second-order valence-electron chi connectivity index (χ2n) is 4.31. The fraction of sp³-hybridized carbons (Fsp3) is 0.333. The van der Waals surface area contributed by atoms with E-state index in [0.29, 0.717) is 5.82 Å². The third-order valence-corrected chi connectivity index (χ3v) is 3.09. The highest BCUT2D eigenvalue weighted by atomic mass is 32.1. The van der Waals surface area contributed by atoms with Crippen LogP contribution in [0.5, 0.6) is 0 Å². The maximum Gasteiger partial charge on any atom is 0.316 e. The van der Waals surface area contributed by atoms with Crippen molar-refractivity contribution in [2.24, 2.45) is 0 Å². The van der Waals surface area contributed by atoms with E-state index in [1.807, 2.05) is 31.4 Å². The molecule has 0 fully saturated rings. The molecule has 2 aromatic rings. The molecule has 20 heavy (non-hydrogen) atoms. The van der Waals surface area contributed by atoms with Crippen molar-refractivity contribution >= 4 is 23.2 Å². The average molecular weight is 294 g/mol. The Balaban J connectivity index is 1.92. The molecule has 0 aromatic carbocycles. The molecule has 106 valence electrons. The molecule has 2 aromatic heterocycles. The van der Waals surface area contributed by atoms with Crippen LogP contribution >= 0.6 is 11.3 Å². The first-order valence-corrected chi connectivity index (χ1v) is 6.89. The van der Waals surface area contributed by atoms with Crippen molar-refractivity contribution < 1.29 is 14.1 Å². The fourth-order valence-electron chi connectivity index (χ4n) is 1.43. The Kier molecular flexibility index (Phi) is 4.46. The molecule has 2 heterocycles. The van der Waals surface area contributed by atoms with Crippen LogP contribution in [0.25, 0.3) is 10.7 Å². The summed E-state index contributed by atoms with van der Waals surface area (Å²) in [5.41, 5.74) is 0. The molecule has 0 bridgehead atoms. The van der Waals surface area contributed by atoms with Gasteiger partial charge in [-0.3, -0.25) is 9.59 Å². The van der Waals surface area contributed by atoms with Gasteiger partial charge in [-0.05, 0) is 25.3 Å². The third kappa shape index (κ3) is 3.64. The van der Waals surface area contributed by atoms with E-state index in [0.717, 1.165) is 4.88 Å². The second kappa shape index (κ2) is 6.29. The maximum absolute atomic E-state index is 11.7. The highest BCUT2D eigenvalue weighted by Gasteiger charge is 2.17. The second-order valence-corrected chi connectivity index (χ2v) is 5.25. The van der Waals surface area contributed by atoms with Gasteiger partial charge in [0.2, 0.25) is 11.7 Å². The van der Waals surface area contributed by atoms with Gasteiger partial charge in [0, 0.05) is 6.04 Å². The Morgan fingerprint density at radius 2 is 2.25 bits per heavy atom. The number of hydrogen-bond donors (Lipinski definition) is 2. The van der Waals surface area contributed by atoms with E-state index in [9.17, 15) is 9.59 Å². The van der Waals surface area contributed by atoms with Gasteiger partial charge in [-0.1, -0.05) is 11.2 Å². The lowest BCUT2D eigenvalue weighted by atomic mass is 10.4. The highest BCUT2D eigenvalue weighted by molar-refractivity contribution is 7.13. The van der Waals surface area contributed by atoms with Gasteiger partial charge in [0.15, 0.2) is 0 Å². The molecule has 0 saturated carbocycles. The first-order valence-electron chi connectivity index (χ1n) is 6.01. The summed E-state index contributed by atoms with van der Waals surface area (Å²) in [5.74, 6) is -0.645. The maximum atomic E-state index is 11.7. The van der Waals surface area contributed by atoms with Crippen LogP contribution in [-0.4, -0.2) is 34.5 Å². The molecule has 2 N–H and O–H groups in total. The molecule has 8 heteroatoms. The lowest BCUT2D eigenvalue weighted by molar-refractivity contribution is -0.120. The van der Waals surface area contributed by atoms with E-state index in [2.05, 4.69) is 20.8 Å². The van der Waals surface area contributed by atoms with Crippen molar-refractivity contribution in [2.75, 3.05) is 6.54 Å². The average Bonchev–Trinajstić information content (AvgIpc) is 3.04. The topological polar surface area (TPSA) is 97.1 Å². The Morgan fingerprint density at radius 1 is 1.45 bits per heavy atom. The van der Waals surface area contributed by atoms with Gasteiger partial charge in [-0.25, -0.2) is 0 Å². The molecular weight excluding hydrogens is 280 g/mol. The summed E-state index contributed by atoms with van der Waals surface area (Å²) < 4.78 is 4.87.